The van der Waals surface area contributed by atoms with E-state index in [0.29, 0.717) is 19.5 Å². The molecule has 3 N–H and O–H groups in total. The van der Waals surface area contributed by atoms with Crippen molar-refractivity contribution in [3.05, 3.63) is 0 Å². The van der Waals surface area contributed by atoms with Crippen molar-refractivity contribution >= 4 is 10.1 Å². The molecule has 0 bridgehead atoms. The van der Waals surface area contributed by atoms with Gasteiger partial charge in [0.05, 0.1) is 5.75 Å². The molecule has 0 fully saturated rings. The number of nitrogens with zero attached hydrogens (tertiary/aromatic N) is 1. The molecule has 0 aliphatic rings. The van der Waals surface area contributed by atoms with E-state index in [1.807, 2.05) is 11.9 Å². The van der Waals surface area contributed by atoms with Gasteiger partial charge in [0, 0.05) is 0 Å². The van der Waals surface area contributed by atoms with E-state index in [9.17, 15) is 8.42 Å². The van der Waals surface area contributed by atoms with Crippen molar-refractivity contribution in [1.29, 1.82) is 0 Å². The topological polar surface area (TPSA) is 83.6 Å². The van der Waals surface area contributed by atoms with E-state index in [-0.39, 0.29) is 5.75 Å². The molecule has 0 aromatic heterocycles. The zero-order chi connectivity index (χ0) is 10.3. The minimum Gasteiger partial charge on any atom is -0.330 e. The van der Waals surface area contributed by atoms with Gasteiger partial charge in [-0.05, 0) is 39.5 Å². The highest BCUT2D eigenvalue weighted by Crippen LogP contribution is 1.92. The molecule has 0 rings (SSSR count). The van der Waals surface area contributed by atoms with Crippen LogP contribution >= 0.6 is 0 Å². The van der Waals surface area contributed by atoms with Crippen molar-refractivity contribution in [3.8, 4) is 0 Å². The van der Waals surface area contributed by atoms with Gasteiger partial charge in [-0.1, -0.05) is 0 Å². The summed E-state index contributed by atoms with van der Waals surface area (Å²) in [5, 5.41) is 0. The van der Waals surface area contributed by atoms with E-state index < -0.39 is 10.1 Å². The monoisotopic (exact) mass is 210 g/mol. The summed E-state index contributed by atoms with van der Waals surface area (Å²) in [4.78, 5) is 2.00. The minimum atomic E-state index is -3.79. The van der Waals surface area contributed by atoms with Crippen LogP contribution in [0.4, 0.5) is 0 Å². The predicted molar refractivity (Wildman–Crippen MR) is 52.2 cm³/mol. The Morgan fingerprint density at radius 1 is 1.31 bits per heavy atom. The Balaban J connectivity index is 3.42. The van der Waals surface area contributed by atoms with Crippen molar-refractivity contribution < 1.29 is 13.0 Å². The Labute approximate surface area is 79.7 Å². The summed E-state index contributed by atoms with van der Waals surface area (Å²) < 4.78 is 29.1. The van der Waals surface area contributed by atoms with Crippen LogP contribution in [0.5, 0.6) is 0 Å². The Kier molecular flexibility index (Phi) is 6.23. The summed E-state index contributed by atoms with van der Waals surface area (Å²) >= 11 is 0. The molecule has 0 saturated carbocycles. The van der Waals surface area contributed by atoms with E-state index in [2.05, 4.69) is 0 Å². The quantitative estimate of drug-likeness (QED) is 0.556. The largest absolute Gasteiger partial charge is 0.330 e. The molecule has 0 aliphatic carbocycles. The Morgan fingerprint density at radius 3 is 2.31 bits per heavy atom. The molecule has 0 heterocycles. The Bertz CT molecular complexity index is 216. The molecular weight excluding hydrogens is 192 g/mol. The molecule has 80 valence electrons. The van der Waals surface area contributed by atoms with E-state index in [4.69, 9.17) is 10.3 Å². The first kappa shape index (κ1) is 12.8. The fourth-order valence-electron chi connectivity index (χ4n) is 0.990. The van der Waals surface area contributed by atoms with E-state index in [0.717, 1.165) is 13.0 Å². The third-order valence-electron chi connectivity index (χ3n) is 1.69. The second-order valence-corrected chi connectivity index (χ2v) is 4.66. The van der Waals surface area contributed by atoms with Crippen LogP contribution in [0.25, 0.3) is 0 Å². The fourth-order valence-corrected chi connectivity index (χ4v) is 1.48. The molecule has 13 heavy (non-hydrogen) atoms. The maximum absolute atomic E-state index is 10.3. The highest BCUT2D eigenvalue weighted by Gasteiger charge is 2.04. The minimum absolute atomic E-state index is 0.167. The zero-order valence-corrected chi connectivity index (χ0v) is 8.76. The summed E-state index contributed by atoms with van der Waals surface area (Å²) in [6, 6.07) is 0. The van der Waals surface area contributed by atoms with E-state index >= 15 is 0 Å². The summed E-state index contributed by atoms with van der Waals surface area (Å²) in [6.45, 7) is 2.17. The first-order valence-electron chi connectivity index (χ1n) is 4.29. The van der Waals surface area contributed by atoms with Gasteiger partial charge in [0.25, 0.3) is 10.1 Å². The molecule has 0 aliphatic heterocycles. The molecule has 0 unspecified atom stereocenters. The number of nitrogens with two attached hydrogens (primary N) is 1. The van der Waals surface area contributed by atoms with Crippen molar-refractivity contribution in [2.24, 2.45) is 5.73 Å². The van der Waals surface area contributed by atoms with E-state index in [1.165, 1.54) is 0 Å². The van der Waals surface area contributed by atoms with Gasteiger partial charge in [-0.15, -0.1) is 0 Å². The Hall–Kier alpha value is -0.170. The zero-order valence-electron chi connectivity index (χ0n) is 7.94. The second-order valence-electron chi connectivity index (χ2n) is 3.09. The van der Waals surface area contributed by atoms with Crippen LogP contribution in [0.15, 0.2) is 0 Å². The molecule has 6 heteroatoms. The van der Waals surface area contributed by atoms with Gasteiger partial charge in [0.1, 0.15) is 0 Å². The molecule has 0 aromatic carbocycles. The Morgan fingerprint density at radius 2 is 1.85 bits per heavy atom. The molecule has 0 spiro atoms. The number of rotatable bonds is 7. The molecule has 0 saturated heterocycles. The average molecular weight is 210 g/mol. The third kappa shape index (κ3) is 9.75. The predicted octanol–water partition coefficient (Wildman–Crippen LogP) is -0.455. The molecular formula is C7H18N2O3S. The lowest BCUT2D eigenvalue weighted by molar-refractivity contribution is 0.331. The first-order chi connectivity index (χ1) is 5.95. The third-order valence-corrected chi connectivity index (χ3v) is 2.49. The second kappa shape index (κ2) is 6.31. The molecule has 0 aromatic rings. The van der Waals surface area contributed by atoms with Crippen molar-refractivity contribution in [3.63, 3.8) is 0 Å². The van der Waals surface area contributed by atoms with Crippen molar-refractivity contribution in [1.82, 2.24) is 4.90 Å². The average Bonchev–Trinajstić information content (AvgIpc) is 1.98. The van der Waals surface area contributed by atoms with Gasteiger partial charge in [-0.2, -0.15) is 8.42 Å². The van der Waals surface area contributed by atoms with Crippen LogP contribution in [0.3, 0.4) is 0 Å². The highest BCUT2D eigenvalue weighted by atomic mass is 32.2. The van der Waals surface area contributed by atoms with Crippen LogP contribution < -0.4 is 5.73 Å². The summed E-state index contributed by atoms with van der Waals surface area (Å²) in [7, 11) is -1.89. The molecule has 5 nitrogen and oxygen atoms in total. The summed E-state index contributed by atoms with van der Waals surface area (Å²) in [5.41, 5.74) is 5.31. The number of hydrogen-bond acceptors (Lipinski definition) is 4. The maximum atomic E-state index is 10.3. The van der Waals surface area contributed by atoms with Crippen molar-refractivity contribution in [2.45, 2.75) is 12.8 Å². The van der Waals surface area contributed by atoms with Crippen LogP contribution in [0.1, 0.15) is 12.8 Å². The van der Waals surface area contributed by atoms with Gasteiger partial charge in [-0.3, -0.25) is 4.55 Å². The molecule has 0 atom stereocenters. The van der Waals surface area contributed by atoms with Crippen LogP contribution in [-0.4, -0.2) is 50.3 Å². The van der Waals surface area contributed by atoms with Gasteiger partial charge < -0.3 is 10.6 Å². The van der Waals surface area contributed by atoms with Crippen LogP contribution in [0, 0.1) is 0 Å². The van der Waals surface area contributed by atoms with Crippen molar-refractivity contribution in [2.75, 3.05) is 32.4 Å². The lowest BCUT2D eigenvalue weighted by Crippen LogP contribution is -2.24. The van der Waals surface area contributed by atoms with Gasteiger partial charge in [0.15, 0.2) is 0 Å². The van der Waals surface area contributed by atoms with Crippen LogP contribution in [-0.2, 0) is 10.1 Å². The fraction of sp³-hybridized carbons (Fsp3) is 1.00. The molecule has 0 radical (unpaired) electrons. The van der Waals surface area contributed by atoms with E-state index in [1.54, 1.807) is 0 Å². The van der Waals surface area contributed by atoms with Gasteiger partial charge in [-0.25, -0.2) is 0 Å². The lowest BCUT2D eigenvalue weighted by atomic mass is 10.3. The smallest absolute Gasteiger partial charge is 0.264 e. The lowest BCUT2D eigenvalue weighted by Gasteiger charge is -2.14. The molecule has 0 amide bonds. The highest BCUT2D eigenvalue weighted by molar-refractivity contribution is 7.85. The van der Waals surface area contributed by atoms with Gasteiger partial charge >= 0.3 is 0 Å². The van der Waals surface area contributed by atoms with Gasteiger partial charge in [0.2, 0.25) is 0 Å². The number of hydrogen-bond donors (Lipinski definition) is 2. The van der Waals surface area contributed by atoms with Crippen LogP contribution in [0.2, 0.25) is 0 Å². The normalized spacial score (nSPS) is 12.3. The maximum Gasteiger partial charge on any atom is 0.264 e. The summed E-state index contributed by atoms with van der Waals surface area (Å²) in [6.07, 6.45) is 1.36. The first-order valence-corrected chi connectivity index (χ1v) is 5.90. The summed E-state index contributed by atoms with van der Waals surface area (Å²) in [5.74, 6) is -0.167. The standard InChI is InChI=1S/C7H18N2O3S/c1-9(5-2-4-8)6-3-7-13(10,11)12/h2-8H2,1H3,(H,10,11,12). The SMILES string of the molecule is CN(CCCN)CCCS(=O)(=O)O.